The van der Waals surface area contributed by atoms with Gasteiger partial charge in [0, 0.05) is 16.8 Å². The highest BCUT2D eigenvalue weighted by Gasteiger charge is 2.19. The molecular weight excluding hydrogens is 347 g/mol. The van der Waals surface area contributed by atoms with Gasteiger partial charge in [-0.15, -0.1) is 5.10 Å². The molecule has 0 unspecified atom stereocenters. The van der Waals surface area contributed by atoms with E-state index in [4.69, 9.17) is 16.3 Å². The molecule has 0 bridgehead atoms. The molecule has 1 aromatic heterocycles. The van der Waals surface area contributed by atoms with E-state index in [0.29, 0.717) is 17.1 Å². The largest absolute Gasteiger partial charge is 0.497 e. The van der Waals surface area contributed by atoms with Gasteiger partial charge in [0.2, 0.25) is 0 Å². The fourth-order valence-corrected chi connectivity index (χ4v) is 2.47. The number of nitrogens with zero attached hydrogens (tertiary/aromatic N) is 3. The number of halogens is 2. The Kier molecular flexibility index (Phi) is 4.67. The van der Waals surface area contributed by atoms with Crippen molar-refractivity contribution in [1.29, 1.82) is 0 Å². The molecule has 6 nitrogen and oxygen atoms in total. The van der Waals surface area contributed by atoms with Gasteiger partial charge in [-0.2, -0.15) is 0 Å². The van der Waals surface area contributed by atoms with Gasteiger partial charge in [-0.25, -0.2) is 9.07 Å². The zero-order valence-electron chi connectivity index (χ0n) is 13.5. The van der Waals surface area contributed by atoms with Crippen molar-refractivity contribution in [2.24, 2.45) is 0 Å². The van der Waals surface area contributed by atoms with E-state index < -0.39 is 11.7 Å². The Morgan fingerprint density at radius 1 is 1.28 bits per heavy atom. The fourth-order valence-electron chi connectivity index (χ4n) is 2.31. The van der Waals surface area contributed by atoms with Crippen LogP contribution in [0.25, 0.3) is 5.69 Å². The van der Waals surface area contributed by atoms with E-state index in [2.05, 4.69) is 15.6 Å². The number of benzene rings is 2. The molecule has 1 N–H and O–H groups in total. The molecule has 0 spiro atoms. The average molecular weight is 361 g/mol. The van der Waals surface area contributed by atoms with Crippen LogP contribution in [0.1, 0.15) is 16.2 Å². The number of methoxy groups -OCH3 is 1. The summed E-state index contributed by atoms with van der Waals surface area (Å²) >= 11 is 5.76. The molecule has 3 aromatic rings. The summed E-state index contributed by atoms with van der Waals surface area (Å²) in [5.41, 5.74) is 1.21. The zero-order chi connectivity index (χ0) is 18.0. The zero-order valence-corrected chi connectivity index (χ0v) is 14.2. The van der Waals surface area contributed by atoms with Gasteiger partial charge in [-0.3, -0.25) is 4.79 Å². The SMILES string of the molecule is COc1cccc(NC(=O)c2nnn(-c3ccc(Cl)cc3F)c2C)c1. The van der Waals surface area contributed by atoms with Gasteiger partial charge in [0.1, 0.15) is 17.3 Å². The van der Waals surface area contributed by atoms with Gasteiger partial charge in [0.05, 0.1) is 12.8 Å². The fraction of sp³-hybridized carbons (Fsp3) is 0.118. The smallest absolute Gasteiger partial charge is 0.278 e. The molecule has 2 aromatic carbocycles. The van der Waals surface area contributed by atoms with E-state index in [0.717, 1.165) is 0 Å². The first-order valence-corrected chi connectivity index (χ1v) is 7.70. The summed E-state index contributed by atoms with van der Waals surface area (Å²) in [6.45, 7) is 1.63. The molecule has 0 aliphatic carbocycles. The van der Waals surface area contributed by atoms with Crippen molar-refractivity contribution in [2.45, 2.75) is 6.92 Å². The Bertz CT molecular complexity index is 942. The first kappa shape index (κ1) is 16.9. The van der Waals surface area contributed by atoms with Crippen LogP contribution in [0.4, 0.5) is 10.1 Å². The lowest BCUT2D eigenvalue weighted by Gasteiger charge is -2.07. The van der Waals surface area contributed by atoms with E-state index in [1.807, 2.05) is 0 Å². The van der Waals surface area contributed by atoms with E-state index in [1.165, 1.54) is 30.0 Å². The van der Waals surface area contributed by atoms with Gasteiger partial charge < -0.3 is 10.1 Å². The van der Waals surface area contributed by atoms with Crippen LogP contribution in [0.2, 0.25) is 5.02 Å². The van der Waals surface area contributed by atoms with Crippen molar-refractivity contribution in [3.8, 4) is 11.4 Å². The lowest BCUT2D eigenvalue weighted by atomic mass is 10.2. The number of anilines is 1. The molecule has 1 amide bonds. The molecule has 3 rings (SSSR count). The highest BCUT2D eigenvalue weighted by atomic mass is 35.5. The van der Waals surface area contributed by atoms with Crippen LogP contribution in [-0.2, 0) is 0 Å². The summed E-state index contributed by atoms with van der Waals surface area (Å²) in [4.78, 5) is 12.4. The predicted molar refractivity (Wildman–Crippen MR) is 92.0 cm³/mol. The van der Waals surface area contributed by atoms with E-state index in [9.17, 15) is 9.18 Å². The van der Waals surface area contributed by atoms with Crippen LogP contribution in [-0.4, -0.2) is 28.0 Å². The predicted octanol–water partition coefficient (Wildman–Crippen LogP) is 3.63. The number of hydrogen-bond donors (Lipinski definition) is 1. The van der Waals surface area contributed by atoms with E-state index in [1.54, 1.807) is 31.2 Å². The minimum absolute atomic E-state index is 0.0946. The Morgan fingerprint density at radius 3 is 2.80 bits per heavy atom. The summed E-state index contributed by atoms with van der Waals surface area (Å²) in [7, 11) is 1.54. The van der Waals surface area contributed by atoms with Crippen LogP contribution in [0.5, 0.6) is 5.75 Å². The number of ether oxygens (including phenoxy) is 1. The third-order valence-corrected chi connectivity index (χ3v) is 3.81. The molecular formula is C17H14ClFN4O2. The molecule has 8 heteroatoms. The number of rotatable bonds is 4. The first-order chi connectivity index (χ1) is 12.0. The topological polar surface area (TPSA) is 69.0 Å². The van der Waals surface area contributed by atoms with E-state index >= 15 is 0 Å². The van der Waals surface area contributed by atoms with E-state index in [-0.39, 0.29) is 16.4 Å². The summed E-state index contributed by atoms with van der Waals surface area (Å²) in [5, 5.41) is 10.7. The molecule has 0 saturated heterocycles. The Balaban J connectivity index is 1.88. The van der Waals surface area contributed by atoms with Crippen molar-refractivity contribution >= 4 is 23.2 Å². The summed E-state index contributed by atoms with van der Waals surface area (Å²) < 4.78 is 20.4. The Labute approximate surface area is 148 Å². The summed E-state index contributed by atoms with van der Waals surface area (Å²) in [6, 6.07) is 11.1. The first-order valence-electron chi connectivity index (χ1n) is 7.32. The second-order valence-electron chi connectivity index (χ2n) is 5.22. The maximum atomic E-state index is 14.1. The lowest BCUT2D eigenvalue weighted by molar-refractivity contribution is 0.102. The highest BCUT2D eigenvalue weighted by molar-refractivity contribution is 6.30. The monoisotopic (exact) mass is 360 g/mol. The van der Waals surface area contributed by atoms with Crippen LogP contribution in [0, 0.1) is 12.7 Å². The third kappa shape index (κ3) is 3.46. The maximum absolute atomic E-state index is 14.1. The molecule has 0 aliphatic rings. The summed E-state index contributed by atoms with van der Waals surface area (Å²) in [5.74, 6) is -0.395. The molecule has 0 fully saturated rings. The van der Waals surface area contributed by atoms with Crippen molar-refractivity contribution < 1.29 is 13.9 Å². The number of carbonyl (C=O) groups is 1. The number of hydrogen-bond acceptors (Lipinski definition) is 4. The lowest BCUT2D eigenvalue weighted by Crippen LogP contribution is -2.14. The van der Waals surface area contributed by atoms with Crippen LogP contribution in [0.3, 0.4) is 0 Å². The van der Waals surface area contributed by atoms with Crippen molar-refractivity contribution in [2.75, 3.05) is 12.4 Å². The third-order valence-electron chi connectivity index (χ3n) is 3.58. The second kappa shape index (κ2) is 6.90. The molecule has 0 radical (unpaired) electrons. The molecule has 1 heterocycles. The van der Waals surface area contributed by atoms with Gasteiger partial charge >= 0.3 is 0 Å². The van der Waals surface area contributed by atoms with Crippen molar-refractivity contribution in [1.82, 2.24) is 15.0 Å². The van der Waals surface area contributed by atoms with Crippen LogP contribution >= 0.6 is 11.6 Å². The maximum Gasteiger partial charge on any atom is 0.278 e. The molecule has 0 atom stereocenters. The van der Waals surface area contributed by atoms with Gasteiger partial charge in [0.15, 0.2) is 5.69 Å². The van der Waals surface area contributed by atoms with Crippen LogP contribution in [0.15, 0.2) is 42.5 Å². The van der Waals surface area contributed by atoms with Crippen molar-refractivity contribution in [3.63, 3.8) is 0 Å². The van der Waals surface area contributed by atoms with Gasteiger partial charge in [-0.1, -0.05) is 22.9 Å². The number of carbonyl (C=O) groups excluding carboxylic acids is 1. The number of nitrogens with one attached hydrogen (secondary N) is 1. The standard InChI is InChI=1S/C17H14ClFN4O2/c1-10-16(17(24)20-12-4-3-5-13(9-12)25-2)21-22-23(10)15-7-6-11(18)8-14(15)19/h3-9H,1-2H3,(H,20,24). The molecule has 25 heavy (non-hydrogen) atoms. The van der Waals surface area contributed by atoms with Gasteiger partial charge in [0.25, 0.3) is 5.91 Å². The quantitative estimate of drug-likeness (QED) is 0.771. The average Bonchev–Trinajstić information content (AvgIpc) is 2.96. The minimum atomic E-state index is -0.555. The molecule has 128 valence electrons. The number of amides is 1. The van der Waals surface area contributed by atoms with Crippen LogP contribution < -0.4 is 10.1 Å². The second-order valence-corrected chi connectivity index (χ2v) is 5.65. The van der Waals surface area contributed by atoms with Crippen molar-refractivity contribution in [3.05, 3.63) is 64.7 Å². The Morgan fingerprint density at radius 2 is 2.08 bits per heavy atom. The van der Waals surface area contributed by atoms with Gasteiger partial charge in [-0.05, 0) is 37.3 Å². The minimum Gasteiger partial charge on any atom is -0.497 e. The highest BCUT2D eigenvalue weighted by Crippen LogP contribution is 2.21. The summed E-state index contributed by atoms with van der Waals surface area (Å²) in [6.07, 6.45) is 0. The molecule has 0 aliphatic heterocycles. The normalized spacial score (nSPS) is 10.6. The molecule has 0 saturated carbocycles. The number of aromatic nitrogens is 3. The Hall–Kier alpha value is -2.93.